The smallest absolute Gasteiger partial charge is 0.317 e. The standard InChI is InChI=1S/C11H18F2N2O3/c12-9(13)7-14-11(18)15-6-2-1-3-8(15)4-5-10(16)17/h8-9H,1-7H2,(H,14,18)(H,16,17). The molecule has 2 N–H and O–H groups in total. The van der Waals surface area contributed by atoms with Crippen LogP contribution in [0.1, 0.15) is 32.1 Å². The number of likely N-dealkylation sites (tertiary alicyclic amines) is 1. The highest BCUT2D eigenvalue weighted by Crippen LogP contribution is 2.20. The van der Waals surface area contributed by atoms with Gasteiger partial charge in [0.05, 0.1) is 6.54 Å². The van der Waals surface area contributed by atoms with Crippen molar-refractivity contribution < 1.29 is 23.5 Å². The summed E-state index contributed by atoms with van der Waals surface area (Å²) in [5, 5.41) is 10.8. The molecule has 18 heavy (non-hydrogen) atoms. The van der Waals surface area contributed by atoms with Gasteiger partial charge in [0.1, 0.15) is 0 Å². The number of rotatable bonds is 5. The van der Waals surface area contributed by atoms with Gasteiger partial charge in [-0.05, 0) is 25.7 Å². The van der Waals surface area contributed by atoms with Crippen molar-refractivity contribution in [3.63, 3.8) is 0 Å². The molecule has 0 aromatic heterocycles. The van der Waals surface area contributed by atoms with Crippen molar-refractivity contribution in [1.29, 1.82) is 0 Å². The Labute approximate surface area is 104 Å². The molecule has 1 aliphatic heterocycles. The second kappa shape index (κ2) is 7.13. The summed E-state index contributed by atoms with van der Waals surface area (Å²) in [4.78, 5) is 23.7. The van der Waals surface area contributed by atoms with Crippen LogP contribution in [0.4, 0.5) is 13.6 Å². The summed E-state index contributed by atoms with van der Waals surface area (Å²) < 4.78 is 24.0. The maximum absolute atomic E-state index is 12.0. The first kappa shape index (κ1) is 14.7. The minimum absolute atomic E-state index is 0.0106. The number of piperidine rings is 1. The van der Waals surface area contributed by atoms with Gasteiger partial charge in [0.2, 0.25) is 0 Å². The molecule has 0 aromatic rings. The second-order valence-electron chi connectivity index (χ2n) is 4.35. The Morgan fingerprint density at radius 2 is 2.11 bits per heavy atom. The van der Waals surface area contributed by atoms with E-state index >= 15 is 0 Å². The molecule has 0 radical (unpaired) electrons. The van der Waals surface area contributed by atoms with E-state index in [0.717, 1.165) is 19.3 Å². The van der Waals surface area contributed by atoms with Crippen molar-refractivity contribution in [3.8, 4) is 0 Å². The lowest BCUT2D eigenvalue weighted by atomic mass is 9.98. The van der Waals surface area contributed by atoms with Crippen molar-refractivity contribution in [2.45, 2.75) is 44.6 Å². The van der Waals surface area contributed by atoms with Crippen LogP contribution in [0.15, 0.2) is 0 Å². The fourth-order valence-corrected chi connectivity index (χ4v) is 2.12. The molecule has 1 saturated heterocycles. The van der Waals surface area contributed by atoms with E-state index in [1.165, 1.54) is 4.90 Å². The molecule has 7 heteroatoms. The molecule has 0 aliphatic carbocycles. The number of halogens is 2. The molecule has 0 aromatic carbocycles. The zero-order valence-electron chi connectivity index (χ0n) is 10.1. The third-order valence-electron chi connectivity index (χ3n) is 2.99. The van der Waals surface area contributed by atoms with Crippen LogP contribution in [-0.4, -0.2) is 47.6 Å². The summed E-state index contributed by atoms with van der Waals surface area (Å²) in [5.74, 6) is -0.909. The molecule has 2 amide bonds. The van der Waals surface area contributed by atoms with Crippen LogP contribution in [-0.2, 0) is 4.79 Å². The number of urea groups is 1. The predicted octanol–water partition coefficient (Wildman–Crippen LogP) is 1.68. The number of nitrogens with zero attached hydrogens (tertiary/aromatic N) is 1. The number of alkyl halides is 2. The second-order valence-corrected chi connectivity index (χ2v) is 4.35. The van der Waals surface area contributed by atoms with E-state index in [0.29, 0.717) is 13.0 Å². The summed E-state index contributed by atoms with van der Waals surface area (Å²) in [6.07, 6.45) is 0.279. The van der Waals surface area contributed by atoms with Crippen LogP contribution < -0.4 is 5.32 Å². The van der Waals surface area contributed by atoms with Gasteiger partial charge in [-0.25, -0.2) is 13.6 Å². The highest BCUT2D eigenvalue weighted by atomic mass is 19.3. The van der Waals surface area contributed by atoms with Gasteiger partial charge in [-0.15, -0.1) is 0 Å². The number of hydrogen-bond donors (Lipinski definition) is 2. The average molecular weight is 264 g/mol. The minimum Gasteiger partial charge on any atom is -0.481 e. The lowest BCUT2D eigenvalue weighted by molar-refractivity contribution is -0.137. The Kier molecular flexibility index (Phi) is 5.80. The molecule has 1 fully saturated rings. The molecule has 1 aliphatic rings. The number of carboxylic acid groups (broad SMARTS) is 1. The molecule has 0 spiro atoms. The highest BCUT2D eigenvalue weighted by molar-refractivity contribution is 5.74. The van der Waals surface area contributed by atoms with E-state index in [1.807, 2.05) is 0 Å². The third-order valence-corrected chi connectivity index (χ3v) is 2.99. The number of carboxylic acids is 1. The van der Waals surface area contributed by atoms with E-state index in [1.54, 1.807) is 0 Å². The van der Waals surface area contributed by atoms with Crippen molar-refractivity contribution in [2.24, 2.45) is 0 Å². The van der Waals surface area contributed by atoms with E-state index in [-0.39, 0.29) is 12.5 Å². The Balaban J connectivity index is 2.47. The summed E-state index contributed by atoms with van der Waals surface area (Å²) in [7, 11) is 0. The van der Waals surface area contributed by atoms with E-state index < -0.39 is 25.0 Å². The van der Waals surface area contributed by atoms with Crippen molar-refractivity contribution in [2.75, 3.05) is 13.1 Å². The van der Waals surface area contributed by atoms with E-state index in [9.17, 15) is 18.4 Å². The summed E-state index contributed by atoms with van der Waals surface area (Å²) >= 11 is 0. The Hall–Kier alpha value is -1.40. The number of aliphatic carboxylic acids is 1. The van der Waals surface area contributed by atoms with Crippen molar-refractivity contribution >= 4 is 12.0 Å². The number of carbonyl (C=O) groups excluding carboxylic acids is 1. The zero-order valence-corrected chi connectivity index (χ0v) is 10.1. The predicted molar refractivity (Wildman–Crippen MR) is 60.6 cm³/mol. The van der Waals surface area contributed by atoms with Crippen molar-refractivity contribution in [3.05, 3.63) is 0 Å². The lowest BCUT2D eigenvalue weighted by Crippen LogP contribution is -2.49. The first-order chi connectivity index (χ1) is 8.50. The lowest BCUT2D eigenvalue weighted by Gasteiger charge is -2.35. The van der Waals surface area contributed by atoms with E-state index in [2.05, 4.69) is 5.32 Å². The molecule has 0 bridgehead atoms. The monoisotopic (exact) mass is 264 g/mol. The SMILES string of the molecule is O=C(O)CCC1CCCCN1C(=O)NCC(F)F. The van der Waals surface area contributed by atoms with Gasteiger partial charge >= 0.3 is 12.0 Å². The number of amides is 2. The molecular weight excluding hydrogens is 246 g/mol. The molecule has 1 heterocycles. The van der Waals surface area contributed by atoms with Gasteiger partial charge in [-0.1, -0.05) is 0 Å². The molecule has 1 atom stereocenters. The number of hydrogen-bond acceptors (Lipinski definition) is 2. The van der Waals surface area contributed by atoms with Crippen LogP contribution >= 0.6 is 0 Å². The van der Waals surface area contributed by atoms with Crippen LogP contribution in [0.3, 0.4) is 0 Å². The maximum atomic E-state index is 12.0. The minimum atomic E-state index is -2.57. The Morgan fingerprint density at radius 1 is 1.39 bits per heavy atom. The van der Waals surface area contributed by atoms with Gasteiger partial charge < -0.3 is 15.3 Å². The molecule has 0 saturated carbocycles. The first-order valence-corrected chi connectivity index (χ1v) is 6.05. The number of nitrogens with one attached hydrogen (secondary N) is 1. The quantitative estimate of drug-likeness (QED) is 0.793. The van der Waals surface area contributed by atoms with Crippen LogP contribution in [0.2, 0.25) is 0 Å². The van der Waals surface area contributed by atoms with Crippen LogP contribution in [0, 0.1) is 0 Å². The number of carbonyl (C=O) groups is 2. The summed E-state index contributed by atoms with van der Waals surface area (Å²) in [6, 6.07) is -0.682. The normalized spacial score (nSPS) is 19.9. The van der Waals surface area contributed by atoms with Crippen molar-refractivity contribution in [1.82, 2.24) is 10.2 Å². The maximum Gasteiger partial charge on any atom is 0.317 e. The summed E-state index contributed by atoms with van der Waals surface area (Å²) in [5.41, 5.74) is 0. The Morgan fingerprint density at radius 3 is 2.72 bits per heavy atom. The van der Waals surface area contributed by atoms with Gasteiger partial charge in [0.25, 0.3) is 6.43 Å². The largest absolute Gasteiger partial charge is 0.481 e. The van der Waals surface area contributed by atoms with Crippen LogP contribution in [0.25, 0.3) is 0 Å². The topological polar surface area (TPSA) is 69.6 Å². The summed E-state index contributed by atoms with van der Waals surface area (Å²) in [6.45, 7) is -0.166. The molecular formula is C11H18F2N2O3. The molecule has 1 unspecified atom stereocenters. The molecule has 104 valence electrons. The fraction of sp³-hybridized carbons (Fsp3) is 0.818. The van der Waals surface area contributed by atoms with Gasteiger partial charge in [0, 0.05) is 19.0 Å². The average Bonchev–Trinajstić information content (AvgIpc) is 2.33. The zero-order chi connectivity index (χ0) is 13.5. The highest BCUT2D eigenvalue weighted by Gasteiger charge is 2.27. The third kappa shape index (κ3) is 4.85. The van der Waals surface area contributed by atoms with Gasteiger partial charge in [-0.2, -0.15) is 0 Å². The fourth-order valence-electron chi connectivity index (χ4n) is 2.12. The first-order valence-electron chi connectivity index (χ1n) is 6.05. The van der Waals surface area contributed by atoms with Gasteiger partial charge in [0.15, 0.2) is 0 Å². The van der Waals surface area contributed by atoms with Crippen LogP contribution in [0.5, 0.6) is 0 Å². The Bertz CT molecular complexity index is 300. The molecule has 1 rings (SSSR count). The molecule has 5 nitrogen and oxygen atoms in total. The van der Waals surface area contributed by atoms with E-state index in [4.69, 9.17) is 5.11 Å². The van der Waals surface area contributed by atoms with Gasteiger partial charge in [-0.3, -0.25) is 4.79 Å².